The topological polar surface area (TPSA) is 0 Å². The van der Waals surface area contributed by atoms with Crippen LogP contribution < -0.4 is 0 Å². The number of hydrogen-bond acceptors (Lipinski definition) is 0. The first-order chi connectivity index (χ1) is 7.65. The minimum atomic E-state index is 1.06. The Hall–Kier alpha value is -1.30. The third-order valence-electron chi connectivity index (χ3n) is 2.12. The number of rotatable bonds is 5. The van der Waals surface area contributed by atoms with Crippen LogP contribution in [0.1, 0.15) is 41.0 Å². The fraction of sp³-hybridized carbons (Fsp3) is 0.375. The summed E-state index contributed by atoms with van der Waals surface area (Å²) in [5, 5.41) is 0. The monoisotopic (exact) mass is 216 g/mol. The van der Waals surface area contributed by atoms with Crippen LogP contribution in [0.2, 0.25) is 0 Å². The Kier molecular flexibility index (Phi) is 8.24. The molecule has 0 heterocycles. The zero-order valence-corrected chi connectivity index (χ0v) is 11.2. The molecule has 16 heavy (non-hydrogen) atoms. The largest absolute Gasteiger partial charge is 0.0871 e. The summed E-state index contributed by atoms with van der Waals surface area (Å²) in [6.07, 6.45) is 16.1. The summed E-state index contributed by atoms with van der Waals surface area (Å²) in [5.74, 6) is 0. The first kappa shape index (κ1) is 14.7. The maximum Gasteiger partial charge on any atom is -0.0230 e. The normalized spacial score (nSPS) is 13.8. The highest BCUT2D eigenvalue weighted by atomic mass is 14.0. The average Bonchev–Trinajstić information content (AvgIpc) is 2.24. The molecule has 0 heteroatoms. The molecule has 0 fully saturated rings. The third-order valence-corrected chi connectivity index (χ3v) is 2.12. The molecule has 0 atom stereocenters. The van der Waals surface area contributed by atoms with E-state index in [1.807, 2.05) is 0 Å². The SMILES string of the molecule is CC=CC(=CCC)C(C=CC=C(C)C)=CC. The summed E-state index contributed by atoms with van der Waals surface area (Å²) in [6.45, 7) is 10.5. The van der Waals surface area contributed by atoms with Crippen molar-refractivity contribution in [2.45, 2.75) is 41.0 Å². The van der Waals surface area contributed by atoms with E-state index >= 15 is 0 Å². The smallest absolute Gasteiger partial charge is 0.0230 e. The van der Waals surface area contributed by atoms with E-state index in [-0.39, 0.29) is 0 Å². The van der Waals surface area contributed by atoms with Gasteiger partial charge in [0.2, 0.25) is 0 Å². The van der Waals surface area contributed by atoms with Gasteiger partial charge < -0.3 is 0 Å². The van der Waals surface area contributed by atoms with Crippen molar-refractivity contribution in [1.29, 1.82) is 0 Å². The van der Waals surface area contributed by atoms with Gasteiger partial charge in [-0.15, -0.1) is 0 Å². The summed E-state index contributed by atoms with van der Waals surface area (Å²) in [7, 11) is 0. The second-order valence-corrected chi connectivity index (χ2v) is 3.91. The lowest BCUT2D eigenvalue weighted by molar-refractivity contribution is 1.20. The van der Waals surface area contributed by atoms with Crippen LogP contribution in [0.4, 0.5) is 0 Å². The Bertz CT molecular complexity index is 329. The molecular weight excluding hydrogens is 192 g/mol. The average molecular weight is 216 g/mol. The van der Waals surface area contributed by atoms with Gasteiger partial charge in [0.15, 0.2) is 0 Å². The van der Waals surface area contributed by atoms with Crippen LogP contribution in [0.3, 0.4) is 0 Å². The van der Waals surface area contributed by atoms with Crippen molar-refractivity contribution in [3.8, 4) is 0 Å². The summed E-state index contributed by atoms with van der Waals surface area (Å²) in [4.78, 5) is 0. The van der Waals surface area contributed by atoms with Crippen molar-refractivity contribution in [2.75, 3.05) is 0 Å². The molecule has 0 aliphatic heterocycles. The quantitative estimate of drug-likeness (QED) is 0.542. The highest BCUT2D eigenvalue weighted by Gasteiger charge is 1.95. The summed E-state index contributed by atoms with van der Waals surface area (Å²) >= 11 is 0. The Labute approximate surface area is 101 Å². The van der Waals surface area contributed by atoms with Crippen LogP contribution >= 0.6 is 0 Å². The van der Waals surface area contributed by atoms with Crippen molar-refractivity contribution in [2.24, 2.45) is 0 Å². The molecule has 0 bridgehead atoms. The summed E-state index contributed by atoms with van der Waals surface area (Å²) in [6, 6.07) is 0. The lowest BCUT2D eigenvalue weighted by atomic mass is 10.0. The summed E-state index contributed by atoms with van der Waals surface area (Å²) < 4.78 is 0. The van der Waals surface area contributed by atoms with Gasteiger partial charge in [-0.05, 0) is 45.3 Å². The second-order valence-electron chi connectivity index (χ2n) is 3.91. The van der Waals surface area contributed by atoms with Crippen LogP contribution in [-0.2, 0) is 0 Å². The van der Waals surface area contributed by atoms with E-state index in [1.54, 1.807) is 0 Å². The van der Waals surface area contributed by atoms with Gasteiger partial charge in [0.25, 0.3) is 0 Å². The first-order valence-electron chi connectivity index (χ1n) is 5.96. The lowest BCUT2D eigenvalue weighted by Crippen LogP contribution is -1.82. The molecule has 88 valence electrons. The van der Waals surface area contributed by atoms with Crippen molar-refractivity contribution < 1.29 is 0 Å². The molecule has 0 radical (unpaired) electrons. The van der Waals surface area contributed by atoms with Gasteiger partial charge in [0, 0.05) is 0 Å². The third kappa shape index (κ3) is 6.23. The highest BCUT2D eigenvalue weighted by Crippen LogP contribution is 2.14. The van der Waals surface area contributed by atoms with Crippen molar-refractivity contribution in [1.82, 2.24) is 0 Å². The van der Waals surface area contributed by atoms with Gasteiger partial charge in [-0.3, -0.25) is 0 Å². The fourth-order valence-corrected chi connectivity index (χ4v) is 1.38. The van der Waals surface area contributed by atoms with Crippen LogP contribution in [0, 0.1) is 0 Å². The fourth-order valence-electron chi connectivity index (χ4n) is 1.38. The molecule has 0 aliphatic rings. The minimum Gasteiger partial charge on any atom is -0.0871 e. The molecule has 0 aromatic carbocycles. The van der Waals surface area contributed by atoms with Crippen LogP contribution in [0.15, 0.2) is 59.3 Å². The standard InChI is InChI=1S/C16H24/c1-6-10-16(11-7-2)15(8-3)13-9-12-14(4)5/h6,8-13H,7H2,1-5H3. The molecular formula is C16H24. The zero-order valence-electron chi connectivity index (χ0n) is 11.2. The molecule has 0 amide bonds. The van der Waals surface area contributed by atoms with Gasteiger partial charge >= 0.3 is 0 Å². The number of allylic oxidation sites excluding steroid dienone is 10. The Morgan fingerprint density at radius 2 is 1.69 bits per heavy atom. The molecule has 0 unspecified atom stereocenters. The zero-order chi connectivity index (χ0) is 12.4. The minimum absolute atomic E-state index is 1.06. The van der Waals surface area contributed by atoms with Gasteiger partial charge in [-0.1, -0.05) is 55.0 Å². The summed E-state index contributed by atoms with van der Waals surface area (Å²) in [5.41, 5.74) is 3.89. The number of hydrogen-bond donors (Lipinski definition) is 0. The first-order valence-corrected chi connectivity index (χ1v) is 5.96. The molecule has 0 aromatic rings. The lowest BCUT2D eigenvalue weighted by Gasteiger charge is -2.02. The van der Waals surface area contributed by atoms with E-state index in [9.17, 15) is 0 Å². The van der Waals surface area contributed by atoms with Crippen molar-refractivity contribution in [3.05, 3.63) is 59.3 Å². The van der Waals surface area contributed by atoms with E-state index < -0.39 is 0 Å². The molecule has 0 aromatic heterocycles. The molecule has 0 nitrogen and oxygen atoms in total. The van der Waals surface area contributed by atoms with Crippen LogP contribution in [0.5, 0.6) is 0 Å². The second kappa shape index (κ2) is 8.96. The predicted octanol–water partition coefficient (Wildman–Crippen LogP) is 5.37. The Morgan fingerprint density at radius 3 is 2.12 bits per heavy atom. The maximum absolute atomic E-state index is 2.25. The van der Waals surface area contributed by atoms with E-state index in [0.29, 0.717) is 0 Å². The Balaban J connectivity index is 4.92. The van der Waals surface area contributed by atoms with E-state index in [4.69, 9.17) is 0 Å². The molecule has 0 rings (SSSR count). The molecule has 0 N–H and O–H groups in total. The molecule has 0 spiro atoms. The van der Waals surface area contributed by atoms with E-state index in [1.165, 1.54) is 16.7 Å². The van der Waals surface area contributed by atoms with E-state index in [2.05, 4.69) is 77.2 Å². The van der Waals surface area contributed by atoms with Crippen molar-refractivity contribution >= 4 is 0 Å². The molecule has 0 saturated heterocycles. The van der Waals surface area contributed by atoms with Gasteiger partial charge in [0.05, 0.1) is 0 Å². The van der Waals surface area contributed by atoms with E-state index in [0.717, 1.165) is 6.42 Å². The maximum atomic E-state index is 2.25. The predicted molar refractivity (Wildman–Crippen MR) is 75.5 cm³/mol. The molecule has 0 saturated carbocycles. The van der Waals surface area contributed by atoms with Gasteiger partial charge in [-0.2, -0.15) is 0 Å². The van der Waals surface area contributed by atoms with Crippen molar-refractivity contribution in [3.63, 3.8) is 0 Å². The molecule has 0 aliphatic carbocycles. The van der Waals surface area contributed by atoms with Crippen LogP contribution in [-0.4, -0.2) is 0 Å². The van der Waals surface area contributed by atoms with Gasteiger partial charge in [0.1, 0.15) is 0 Å². The van der Waals surface area contributed by atoms with Gasteiger partial charge in [-0.25, -0.2) is 0 Å². The Morgan fingerprint density at radius 1 is 1.00 bits per heavy atom. The van der Waals surface area contributed by atoms with Crippen LogP contribution in [0.25, 0.3) is 0 Å². The highest BCUT2D eigenvalue weighted by molar-refractivity contribution is 5.46.